The van der Waals surface area contributed by atoms with Crippen molar-refractivity contribution in [3.8, 4) is 11.3 Å². The molecule has 0 saturated carbocycles. The van der Waals surface area contributed by atoms with Crippen molar-refractivity contribution in [1.29, 1.82) is 0 Å². The minimum atomic E-state index is -0.433. The van der Waals surface area contributed by atoms with Gasteiger partial charge in [0.15, 0.2) is 11.3 Å². The van der Waals surface area contributed by atoms with E-state index >= 15 is 0 Å². The summed E-state index contributed by atoms with van der Waals surface area (Å²) >= 11 is 5.88. The molecule has 0 bridgehead atoms. The van der Waals surface area contributed by atoms with Crippen LogP contribution >= 0.6 is 11.6 Å². The van der Waals surface area contributed by atoms with Crippen molar-refractivity contribution in [2.45, 2.75) is 6.54 Å². The van der Waals surface area contributed by atoms with E-state index in [1.807, 2.05) is 30.3 Å². The first kappa shape index (κ1) is 13.8. The Labute approximate surface area is 135 Å². The zero-order valence-electron chi connectivity index (χ0n) is 11.9. The Balaban J connectivity index is 1.68. The minimum absolute atomic E-state index is 0.212. The Bertz CT molecular complexity index is 1030. The molecule has 0 aliphatic carbocycles. The molecule has 0 spiro atoms. The molecule has 6 heteroatoms. The molecule has 2 aromatic carbocycles. The highest BCUT2D eigenvalue weighted by atomic mass is 35.5. The van der Waals surface area contributed by atoms with Gasteiger partial charge in [-0.15, -0.1) is 0 Å². The van der Waals surface area contributed by atoms with Crippen molar-refractivity contribution < 1.29 is 8.83 Å². The van der Waals surface area contributed by atoms with Gasteiger partial charge in [-0.3, -0.25) is 4.57 Å². The maximum atomic E-state index is 12.0. The largest absolute Gasteiger partial charge is 0.439 e. The SMILES string of the molecule is O=c1oc2ccccc2n1Cc1ncc(-c2ccc(Cl)cc2)o1. The van der Waals surface area contributed by atoms with E-state index in [-0.39, 0.29) is 6.54 Å². The van der Waals surface area contributed by atoms with Crippen molar-refractivity contribution in [3.63, 3.8) is 0 Å². The first-order valence-corrected chi connectivity index (χ1v) is 7.37. The molecular formula is C17H11ClN2O3. The van der Waals surface area contributed by atoms with Crippen molar-refractivity contribution in [2.24, 2.45) is 0 Å². The molecule has 0 radical (unpaired) electrons. The molecule has 2 heterocycles. The average Bonchev–Trinajstić information content (AvgIpc) is 3.14. The number of oxazole rings is 2. The quantitative estimate of drug-likeness (QED) is 0.572. The molecule has 23 heavy (non-hydrogen) atoms. The fourth-order valence-corrected chi connectivity index (χ4v) is 2.56. The van der Waals surface area contributed by atoms with Crippen molar-refractivity contribution in [2.75, 3.05) is 0 Å². The number of benzene rings is 2. The van der Waals surface area contributed by atoms with E-state index in [1.54, 1.807) is 24.4 Å². The lowest BCUT2D eigenvalue weighted by Crippen LogP contribution is -2.14. The molecule has 0 fully saturated rings. The van der Waals surface area contributed by atoms with Gasteiger partial charge in [0.05, 0.1) is 11.7 Å². The van der Waals surface area contributed by atoms with Gasteiger partial charge in [-0.2, -0.15) is 0 Å². The second-order valence-electron chi connectivity index (χ2n) is 5.05. The molecule has 0 amide bonds. The Hall–Kier alpha value is -2.79. The van der Waals surface area contributed by atoms with Crippen LogP contribution < -0.4 is 5.76 Å². The molecule has 0 atom stereocenters. The molecule has 0 aliphatic rings. The van der Waals surface area contributed by atoms with E-state index in [1.165, 1.54) is 4.57 Å². The predicted molar refractivity (Wildman–Crippen MR) is 86.5 cm³/mol. The Morgan fingerprint density at radius 2 is 1.83 bits per heavy atom. The average molecular weight is 327 g/mol. The Morgan fingerprint density at radius 1 is 1.04 bits per heavy atom. The zero-order chi connectivity index (χ0) is 15.8. The van der Waals surface area contributed by atoms with E-state index < -0.39 is 5.76 Å². The lowest BCUT2D eigenvalue weighted by atomic mass is 10.2. The van der Waals surface area contributed by atoms with Crippen LogP contribution in [0.2, 0.25) is 5.02 Å². The summed E-state index contributed by atoms with van der Waals surface area (Å²) in [5.41, 5.74) is 2.13. The monoisotopic (exact) mass is 326 g/mol. The van der Waals surface area contributed by atoms with Crippen LogP contribution in [0.5, 0.6) is 0 Å². The fraction of sp³-hybridized carbons (Fsp3) is 0.0588. The second-order valence-corrected chi connectivity index (χ2v) is 5.48. The van der Waals surface area contributed by atoms with Gasteiger partial charge < -0.3 is 8.83 Å². The number of rotatable bonds is 3. The van der Waals surface area contributed by atoms with E-state index in [4.69, 9.17) is 20.4 Å². The van der Waals surface area contributed by atoms with Gasteiger partial charge in [0.1, 0.15) is 6.54 Å². The topological polar surface area (TPSA) is 61.2 Å². The predicted octanol–water partition coefficient (Wildman–Crippen LogP) is 3.95. The van der Waals surface area contributed by atoms with Crippen LogP contribution in [0.3, 0.4) is 0 Å². The van der Waals surface area contributed by atoms with Gasteiger partial charge in [-0.25, -0.2) is 9.78 Å². The number of hydrogen-bond acceptors (Lipinski definition) is 4. The number of halogens is 1. The van der Waals surface area contributed by atoms with Crippen LogP contribution in [0, 0.1) is 0 Å². The highest BCUT2D eigenvalue weighted by Crippen LogP contribution is 2.23. The molecule has 2 aromatic heterocycles. The minimum Gasteiger partial charge on any atom is -0.439 e. The summed E-state index contributed by atoms with van der Waals surface area (Å²) in [7, 11) is 0. The summed E-state index contributed by atoms with van der Waals surface area (Å²) in [5, 5.41) is 0.657. The molecule has 0 saturated heterocycles. The molecular weight excluding hydrogens is 316 g/mol. The van der Waals surface area contributed by atoms with Gasteiger partial charge >= 0.3 is 5.76 Å². The maximum Gasteiger partial charge on any atom is 0.420 e. The van der Waals surface area contributed by atoms with Gasteiger partial charge in [0, 0.05) is 10.6 Å². The molecule has 114 valence electrons. The lowest BCUT2D eigenvalue weighted by molar-refractivity contribution is 0.462. The van der Waals surface area contributed by atoms with E-state index in [2.05, 4.69) is 4.98 Å². The van der Waals surface area contributed by atoms with E-state index in [0.717, 1.165) is 5.56 Å². The summed E-state index contributed by atoms with van der Waals surface area (Å²) in [5.74, 6) is 0.624. The Morgan fingerprint density at radius 3 is 2.65 bits per heavy atom. The van der Waals surface area contributed by atoms with Gasteiger partial charge in [0.25, 0.3) is 0 Å². The third-order valence-corrected chi connectivity index (χ3v) is 3.80. The second kappa shape index (κ2) is 5.44. The highest BCUT2D eigenvalue weighted by molar-refractivity contribution is 6.30. The van der Waals surface area contributed by atoms with Crippen LogP contribution in [0.4, 0.5) is 0 Å². The molecule has 4 rings (SSSR count). The molecule has 4 aromatic rings. The summed E-state index contributed by atoms with van der Waals surface area (Å²) in [4.78, 5) is 16.2. The van der Waals surface area contributed by atoms with Crippen molar-refractivity contribution in [1.82, 2.24) is 9.55 Å². The number of para-hydroxylation sites is 2. The zero-order valence-corrected chi connectivity index (χ0v) is 12.7. The summed E-state index contributed by atoms with van der Waals surface area (Å²) in [6.45, 7) is 0.212. The van der Waals surface area contributed by atoms with E-state index in [0.29, 0.717) is 27.8 Å². The van der Waals surface area contributed by atoms with Crippen LogP contribution in [-0.4, -0.2) is 9.55 Å². The smallest absolute Gasteiger partial charge is 0.420 e. The maximum absolute atomic E-state index is 12.0. The number of fused-ring (bicyclic) bond motifs is 1. The highest BCUT2D eigenvalue weighted by Gasteiger charge is 2.12. The molecule has 0 aliphatic heterocycles. The summed E-state index contributed by atoms with van der Waals surface area (Å²) in [6.07, 6.45) is 1.63. The third kappa shape index (κ3) is 2.55. The summed E-state index contributed by atoms with van der Waals surface area (Å²) in [6, 6.07) is 14.5. The van der Waals surface area contributed by atoms with Gasteiger partial charge in [-0.05, 0) is 36.4 Å². The Kier molecular flexibility index (Phi) is 3.28. The van der Waals surface area contributed by atoms with Crippen molar-refractivity contribution >= 4 is 22.7 Å². The number of aromatic nitrogens is 2. The van der Waals surface area contributed by atoms with Crippen LogP contribution in [0.1, 0.15) is 5.89 Å². The molecule has 0 unspecified atom stereocenters. The van der Waals surface area contributed by atoms with Gasteiger partial charge in [-0.1, -0.05) is 23.7 Å². The van der Waals surface area contributed by atoms with Crippen molar-refractivity contribution in [3.05, 3.63) is 76.2 Å². The summed E-state index contributed by atoms with van der Waals surface area (Å²) < 4.78 is 12.4. The fourth-order valence-electron chi connectivity index (χ4n) is 2.43. The third-order valence-electron chi connectivity index (χ3n) is 3.55. The normalized spacial score (nSPS) is 11.2. The number of nitrogens with zero attached hydrogens (tertiary/aromatic N) is 2. The number of hydrogen-bond donors (Lipinski definition) is 0. The van der Waals surface area contributed by atoms with Crippen LogP contribution in [0.15, 0.2) is 68.4 Å². The van der Waals surface area contributed by atoms with Gasteiger partial charge in [0.2, 0.25) is 5.89 Å². The van der Waals surface area contributed by atoms with Crippen LogP contribution in [-0.2, 0) is 6.54 Å². The standard InChI is InChI=1S/C17H11ClN2O3/c18-12-7-5-11(6-8-12)15-9-19-16(22-15)10-20-13-3-1-2-4-14(13)23-17(20)21/h1-9H,10H2. The molecule has 0 N–H and O–H groups in total. The first-order chi connectivity index (χ1) is 11.2. The molecule has 5 nitrogen and oxygen atoms in total. The van der Waals surface area contributed by atoms with Crippen LogP contribution in [0.25, 0.3) is 22.4 Å². The van der Waals surface area contributed by atoms with E-state index in [9.17, 15) is 4.79 Å². The first-order valence-electron chi connectivity index (χ1n) is 7.00. The lowest BCUT2D eigenvalue weighted by Gasteiger charge is -1.98.